The topological polar surface area (TPSA) is 50.8 Å². The van der Waals surface area contributed by atoms with Gasteiger partial charge in [0.05, 0.1) is 0 Å². The Morgan fingerprint density at radius 3 is 1.67 bits per heavy atom. The predicted octanol–water partition coefficient (Wildman–Crippen LogP) is 0.0954. The van der Waals surface area contributed by atoms with Gasteiger partial charge >= 0.3 is 0 Å². The van der Waals surface area contributed by atoms with Gasteiger partial charge in [0.2, 0.25) is 12.4 Å². The number of rotatable bonds is 0. The summed E-state index contributed by atoms with van der Waals surface area (Å²) in [5.41, 5.74) is 0. The van der Waals surface area contributed by atoms with Gasteiger partial charge in [-0.25, -0.2) is 0 Å². The molecule has 0 bridgehead atoms. The van der Waals surface area contributed by atoms with Gasteiger partial charge in [-0.3, -0.25) is 0 Å². The maximum absolute atomic E-state index is 7.71. The quantitative estimate of drug-likeness (QED) is 0.266. The van der Waals surface area contributed by atoms with Crippen molar-refractivity contribution in [2.24, 2.45) is 0 Å². The molecule has 0 saturated heterocycles. The molecule has 0 N–H and O–H groups in total. The molecule has 0 aliphatic carbocycles. The Hall–Kier alpha value is -0.870. The van der Waals surface area contributed by atoms with Crippen LogP contribution in [0.4, 0.5) is 0 Å². The molecule has 30 valence electrons. The van der Waals surface area contributed by atoms with E-state index in [1.807, 2.05) is 0 Å². The van der Waals surface area contributed by atoms with Crippen molar-refractivity contribution in [1.29, 1.82) is 10.5 Å². The van der Waals surface area contributed by atoms with Crippen LogP contribution in [0.25, 0.3) is 0 Å². The van der Waals surface area contributed by atoms with Crippen molar-refractivity contribution in [1.82, 2.24) is 4.31 Å². The van der Waals surface area contributed by atoms with E-state index in [2.05, 4.69) is 12.8 Å². The van der Waals surface area contributed by atoms with Crippen LogP contribution in [0.1, 0.15) is 0 Å². The highest BCUT2D eigenvalue weighted by Gasteiger charge is 1.80. The van der Waals surface area contributed by atoms with Crippen molar-refractivity contribution < 1.29 is 0 Å². The van der Waals surface area contributed by atoms with Gasteiger partial charge in [-0.2, -0.15) is 14.8 Å². The summed E-state index contributed by atoms with van der Waals surface area (Å²) < 4.78 is 0.556. The average Bonchev–Trinajstić information content (AvgIpc) is 1.65. The van der Waals surface area contributed by atoms with Gasteiger partial charge in [0.25, 0.3) is 0 Å². The van der Waals surface area contributed by atoms with Crippen LogP contribution < -0.4 is 0 Å². The molecule has 0 aliphatic rings. The fourth-order valence-electron chi connectivity index (χ4n) is 0.0224. The van der Waals surface area contributed by atoms with E-state index in [4.69, 9.17) is 10.5 Å². The smallest absolute Gasteiger partial charge is 0.171 e. The highest BCUT2D eigenvalue weighted by molar-refractivity contribution is 7.78. The molecule has 6 heavy (non-hydrogen) atoms. The van der Waals surface area contributed by atoms with Gasteiger partial charge in [0.15, 0.2) is 0 Å². The molecule has 0 rings (SSSR count). The van der Waals surface area contributed by atoms with Crippen molar-refractivity contribution in [2.75, 3.05) is 0 Å². The van der Waals surface area contributed by atoms with Gasteiger partial charge < -0.3 is 0 Å². The van der Waals surface area contributed by atoms with E-state index >= 15 is 0 Å². The van der Waals surface area contributed by atoms with Gasteiger partial charge in [0, 0.05) is 0 Å². The third-order valence-electron chi connectivity index (χ3n) is 0.189. The summed E-state index contributed by atoms with van der Waals surface area (Å²) in [6.45, 7) is 0. The molecule has 0 aromatic heterocycles. The minimum absolute atomic E-state index is 0.556. The SMILES string of the molecule is N#CN(S)C#N. The Bertz CT molecular complexity index is 92.9. The van der Waals surface area contributed by atoms with Crippen molar-refractivity contribution in [2.45, 2.75) is 0 Å². The lowest BCUT2D eigenvalue weighted by Gasteiger charge is -1.82. The van der Waals surface area contributed by atoms with Crippen LogP contribution >= 0.6 is 12.8 Å². The third-order valence-corrected chi connectivity index (χ3v) is 0.368. The molecule has 0 radical (unpaired) electrons. The van der Waals surface area contributed by atoms with E-state index < -0.39 is 0 Å². The molecule has 3 nitrogen and oxygen atoms in total. The molecule has 0 aliphatic heterocycles. The third kappa shape index (κ3) is 1.45. The Morgan fingerprint density at radius 1 is 1.33 bits per heavy atom. The van der Waals surface area contributed by atoms with Crippen molar-refractivity contribution >= 4 is 12.8 Å². The highest BCUT2D eigenvalue weighted by Crippen LogP contribution is 1.80. The summed E-state index contributed by atoms with van der Waals surface area (Å²) in [5, 5.41) is 15.4. The van der Waals surface area contributed by atoms with Crippen molar-refractivity contribution in [3.05, 3.63) is 0 Å². The molecule has 0 fully saturated rings. The minimum Gasteiger partial charge on any atom is -0.171 e. The van der Waals surface area contributed by atoms with Crippen LogP contribution in [0.5, 0.6) is 0 Å². The predicted molar refractivity (Wildman–Crippen MR) is 22.1 cm³/mol. The lowest BCUT2D eigenvalue weighted by atomic mass is 11.2. The Balaban J connectivity index is 3.40. The average molecular weight is 99.1 g/mol. The molecule has 4 heteroatoms. The van der Waals surface area contributed by atoms with Crippen LogP contribution in [0.15, 0.2) is 0 Å². The summed E-state index contributed by atoms with van der Waals surface area (Å²) in [5.74, 6) is 0. The van der Waals surface area contributed by atoms with Crippen LogP contribution in [-0.2, 0) is 0 Å². The summed E-state index contributed by atoms with van der Waals surface area (Å²) in [7, 11) is 0. The zero-order valence-electron chi connectivity index (χ0n) is 2.79. The zero-order chi connectivity index (χ0) is 4.99. The second-order valence-corrected chi connectivity index (χ2v) is 0.912. The maximum Gasteiger partial charge on any atom is 0.204 e. The second-order valence-electron chi connectivity index (χ2n) is 0.512. The largest absolute Gasteiger partial charge is 0.204 e. The molecule has 0 aromatic rings. The Labute approximate surface area is 40.9 Å². The standard InChI is InChI=1S/C2HN3S/c3-1-5(6)2-4/h6H. The van der Waals surface area contributed by atoms with E-state index in [0.29, 0.717) is 4.31 Å². The van der Waals surface area contributed by atoms with E-state index in [-0.39, 0.29) is 0 Å². The molecule has 0 atom stereocenters. The number of hydrogen-bond donors (Lipinski definition) is 1. The van der Waals surface area contributed by atoms with E-state index in [0.717, 1.165) is 0 Å². The Kier molecular flexibility index (Phi) is 2.03. The fraction of sp³-hybridized carbons (Fsp3) is 0. The van der Waals surface area contributed by atoms with Crippen LogP contribution in [0.3, 0.4) is 0 Å². The number of hydrogen-bond acceptors (Lipinski definition) is 4. The fourth-order valence-corrected chi connectivity index (χ4v) is 0.0224. The Morgan fingerprint density at radius 2 is 1.67 bits per heavy atom. The molecule has 0 unspecified atom stereocenters. The van der Waals surface area contributed by atoms with Crippen LogP contribution in [0, 0.1) is 22.9 Å². The molecular formula is C2HN3S. The first-order valence-electron chi connectivity index (χ1n) is 1.09. The second kappa shape index (κ2) is 2.37. The van der Waals surface area contributed by atoms with E-state index in [1.54, 1.807) is 0 Å². The monoisotopic (exact) mass is 99.0 g/mol. The van der Waals surface area contributed by atoms with E-state index in [1.165, 1.54) is 12.4 Å². The maximum atomic E-state index is 7.71. The molecule has 0 heterocycles. The molecule has 0 saturated carbocycles. The number of nitrogens with zero attached hydrogens (tertiary/aromatic N) is 3. The van der Waals surface area contributed by atoms with E-state index in [9.17, 15) is 0 Å². The summed E-state index contributed by atoms with van der Waals surface area (Å²) >= 11 is 3.34. The first-order valence-corrected chi connectivity index (χ1v) is 1.49. The van der Waals surface area contributed by atoms with Gasteiger partial charge in [-0.15, -0.1) is 0 Å². The first-order chi connectivity index (χ1) is 2.81. The first kappa shape index (κ1) is 5.13. The number of nitriles is 2. The lowest BCUT2D eigenvalue weighted by molar-refractivity contribution is 0.911. The summed E-state index contributed by atoms with van der Waals surface area (Å²) in [6.07, 6.45) is 2.90. The van der Waals surface area contributed by atoms with Crippen LogP contribution in [0.2, 0.25) is 0 Å². The molecule has 0 spiro atoms. The van der Waals surface area contributed by atoms with Gasteiger partial charge in [0.1, 0.15) is 0 Å². The highest BCUT2D eigenvalue weighted by atomic mass is 32.1. The molecule has 0 aromatic carbocycles. The molecule has 0 amide bonds. The minimum atomic E-state index is 0.556. The van der Waals surface area contributed by atoms with Gasteiger partial charge in [-0.1, -0.05) is 0 Å². The number of thiol groups is 1. The van der Waals surface area contributed by atoms with Crippen molar-refractivity contribution in [3.8, 4) is 12.4 Å². The summed E-state index contributed by atoms with van der Waals surface area (Å²) in [6, 6.07) is 0. The zero-order valence-corrected chi connectivity index (χ0v) is 3.68. The normalized spacial score (nSPS) is 5.17. The van der Waals surface area contributed by atoms with Gasteiger partial charge in [-0.05, 0) is 12.8 Å². The summed E-state index contributed by atoms with van der Waals surface area (Å²) in [4.78, 5) is 0. The molecular weight excluding hydrogens is 98.1 g/mol. The van der Waals surface area contributed by atoms with Crippen molar-refractivity contribution in [3.63, 3.8) is 0 Å². The lowest BCUT2D eigenvalue weighted by Crippen LogP contribution is -1.88. The van der Waals surface area contributed by atoms with Crippen LogP contribution in [-0.4, -0.2) is 4.31 Å².